The third-order valence-electron chi connectivity index (χ3n) is 7.45. The molecule has 1 aliphatic heterocycles. The minimum absolute atomic E-state index is 0.0399. The summed E-state index contributed by atoms with van der Waals surface area (Å²) >= 11 is 0. The van der Waals surface area contributed by atoms with Gasteiger partial charge >= 0.3 is 0 Å². The maximum Gasteiger partial charge on any atom is 0.262 e. The number of aliphatic hydroxyl groups is 1. The van der Waals surface area contributed by atoms with Gasteiger partial charge in [-0.2, -0.15) is 0 Å². The van der Waals surface area contributed by atoms with Crippen LogP contribution in [0.3, 0.4) is 0 Å². The summed E-state index contributed by atoms with van der Waals surface area (Å²) in [5, 5.41) is 12.6. The number of nitrogen functional groups attached to an aromatic ring is 1. The molecule has 4 N–H and O–H groups in total. The van der Waals surface area contributed by atoms with E-state index in [1.165, 1.54) is 31.1 Å². The van der Waals surface area contributed by atoms with Gasteiger partial charge in [0.1, 0.15) is 12.1 Å². The zero-order chi connectivity index (χ0) is 26.2. The van der Waals surface area contributed by atoms with E-state index < -0.39 is 5.91 Å². The van der Waals surface area contributed by atoms with Crippen molar-refractivity contribution in [3.05, 3.63) is 40.4 Å². The summed E-state index contributed by atoms with van der Waals surface area (Å²) in [5.41, 5.74) is 5.93. The predicted octanol–water partition coefficient (Wildman–Crippen LogP) is 1.18. The van der Waals surface area contributed by atoms with Crippen LogP contribution in [0.15, 0.2) is 29.3 Å². The minimum Gasteiger partial charge on any atom is -0.491 e. The van der Waals surface area contributed by atoms with E-state index in [4.69, 9.17) is 15.2 Å². The van der Waals surface area contributed by atoms with E-state index in [1.54, 1.807) is 12.1 Å². The van der Waals surface area contributed by atoms with Crippen molar-refractivity contribution in [1.29, 1.82) is 0 Å². The Kier molecular flexibility index (Phi) is 6.69. The SMILES string of the molecule is COc1c(OCCN2CCC3(CC2)CC(O)C3)ccc2c(=O)n(C)c(NC(=O)c3cnc(N)nc3)nc12. The summed E-state index contributed by atoms with van der Waals surface area (Å²) in [7, 11) is 3.01. The van der Waals surface area contributed by atoms with Crippen LogP contribution in [0.5, 0.6) is 11.5 Å². The average Bonchev–Trinajstić information content (AvgIpc) is 2.87. The molecule has 196 valence electrons. The van der Waals surface area contributed by atoms with Crippen LogP contribution < -0.4 is 26.1 Å². The number of ether oxygens (including phenoxy) is 2. The molecule has 1 saturated carbocycles. The Morgan fingerprint density at radius 1 is 1.24 bits per heavy atom. The Labute approximate surface area is 213 Å². The lowest BCUT2D eigenvalue weighted by molar-refractivity contribution is -0.0687. The predicted molar refractivity (Wildman–Crippen MR) is 137 cm³/mol. The van der Waals surface area contributed by atoms with Crippen molar-refractivity contribution in [1.82, 2.24) is 24.4 Å². The number of likely N-dealkylation sites (tertiary alicyclic amines) is 1. The molecule has 3 heterocycles. The summed E-state index contributed by atoms with van der Waals surface area (Å²) in [4.78, 5) is 40.2. The van der Waals surface area contributed by atoms with E-state index >= 15 is 0 Å². The highest BCUT2D eigenvalue weighted by Gasteiger charge is 2.44. The van der Waals surface area contributed by atoms with Gasteiger partial charge in [0.05, 0.1) is 24.2 Å². The number of amides is 1. The van der Waals surface area contributed by atoms with Crippen LogP contribution in [0.4, 0.5) is 11.9 Å². The molecule has 5 rings (SSSR count). The Hall–Kier alpha value is -3.77. The van der Waals surface area contributed by atoms with Crippen LogP contribution in [-0.4, -0.2) is 74.9 Å². The molecule has 2 fully saturated rings. The van der Waals surface area contributed by atoms with Gasteiger partial charge < -0.3 is 20.3 Å². The highest BCUT2D eigenvalue weighted by molar-refractivity contribution is 6.03. The number of carbonyl (C=O) groups excluding carboxylic acids is 1. The molecule has 2 aliphatic rings. The van der Waals surface area contributed by atoms with Crippen LogP contribution in [0.2, 0.25) is 0 Å². The molecule has 3 aromatic rings. The van der Waals surface area contributed by atoms with Crippen molar-refractivity contribution in [2.75, 3.05) is 44.4 Å². The molecule has 1 spiro atoms. The zero-order valence-corrected chi connectivity index (χ0v) is 20.9. The summed E-state index contributed by atoms with van der Waals surface area (Å²) in [6.07, 6.45) is 6.52. The molecule has 1 saturated heterocycles. The number of aliphatic hydroxyl groups excluding tert-OH is 1. The molecule has 12 nitrogen and oxygen atoms in total. The maximum absolute atomic E-state index is 13.0. The third-order valence-corrected chi connectivity index (χ3v) is 7.45. The van der Waals surface area contributed by atoms with E-state index in [0.29, 0.717) is 28.9 Å². The molecule has 1 aromatic carbocycles. The molecule has 1 amide bonds. The number of fused-ring (bicyclic) bond motifs is 1. The first-order valence-electron chi connectivity index (χ1n) is 12.3. The first-order valence-corrected chi connectivity index (χ1v) is 12.3. The molecule has 1 aliphatic carbocycles. The van der Waals surface area contributed by atoms with E-state index in [-0.39, 0.29) is 34.6 Å². The smallest absolute Gasteiger partial charge is 0.262 e. The first kappa shape index (κ1) is 24.9. The molecule has 2 aromatic heterocycles. The molecule has 12 heteroatoms. The molecular weight excluding hydrogens is 478 g/mol. The Bertz CT molecular complexity index is 1360. The Balaban J connectivity index is 1.31. The summed E-state index contributed by atoms with van der Waals surface area (Å²) in [6, 6.07) is 3.35. The average molecular weight is 510 g/mol. The van der Waals surface area contributed by atoms with Crippen LogP contribution >= 0.6 is 0 Å². The van der Waals surface area contributed by atoms with Crippen molar-refractivity contribution in [2.24, 2.45) is 12.5 Å². The topological polar surface area (TPSA) is 158 Å². The van der Waals surface area contributed by atoms with E-state index in [9.17, 15) is 14.7 Å². The van der Waals surface area contributed by atoms with Gasteiger partial charge in [0.15, 0.2) is 11.5 Å². The molecule has 0 unspecified atom stereocenters. The van der Waals surface area contributed by atoms with Crippen LogP contribution in [0, 0.1) is 5.41 Å². The van der Waals surface area contributed by atoms with Crippen molar-refractivity contribution in [3.63, 3.8) is 0 Å². The fourth-order valence-electron chi connectivity index (χ4n) is 5.23. The minimum atomic E-state index is -0.534. The van der Waals surface area contributed by atoms with Crippen molar-refractivity contribution < 1.29 is 19.4 Å². The van der Waals surface area contributed by atoms with Gasteiger partial charge in [0.25, 0.3) is 11.5 Å². The number of hydrogen-bond donors (Lipinski definition) is 3. The van der Waals surface area contributed by atoms with Crippen molar-refractivity contribution in [2.45, 2.75) is 31.8 Å². The summed E-state index contributed by atoms with van der Waals surface area (Å²) in [5.74, 6) is 0.344. The van der Waals surface area contributed by atoms with E-state index in [2.05, 4.69) is 25.2 Å². The summed E-state index contributed by atoms with van der Waals surface area (Å²) in [6.45, 7) is 3.19. The molecular formula is C25H31N7O5. The number of benzene rings is 1. The van der Waals surface area contributed by atoms with Crippen LogP contribution in [0.25, 0.3) is 10.9 Å². The highest BCUT2D eigenvalue weighted by atomic mass is 16.5. The van der Waals surface area contributed by atoms with Crippen molar-refractivity contribution in [3.8, 4) is 11.5 Å². The number of aromatic nitrogens is 4. The number of nitrogens with two attached hydrogens (primary N) is 1. The number of piperidine rings is 1. The molecule has 0 bridgehead atoms. The van der Waals surface area contributed by atoms with Gasteiger partial charge in [-0.3, -0.25) is 24.4 Å². The number of hydrogen-bond acceptors (Lipinski definition) is 10. The third kappa shape index (κ3) is 4.94. The second kappa shape index (κ2) is 9.94. The fraction of sp³-hybridized carbons (Fsp3) is 0.480. The number of rotatable bonds is 7. The molecule has 0 atom stereocenters. The van der Waals surface area contributed by atoms with E-state index in [0.717, 1.165) is 45.3 Å². The standard InChI is InChI=1S/C25H31N7O5/c1-31-22(35)17-3-4-18(37-10-9-32-7-5-25(6-8-32)11-16(33)12-25)20(36-2)19(17)29-24(31)30-21(34)15-13-27-23(26)28-14-15/h3-4,13-14,16,33H,5-12H2,1-2H3,(H2,26,27,28)(H,29,30,34). The number of anilines is 2. The van der Waals surface area contributed by atoms with Crippen LogP contribution in [0.1, 0.15) is 36.0 Å². The van der Waals surface area contributed by atoms with Crippen molar-refractivity contribution >= 4 is 28.7 Å². The number of nitrogens with zero attached hydrogens (tertiary/aromatic N) is 5. The van der Waals surface area contributed by atoms with Gasteiger partial charge in [-0.25, -0.2) is 15.0 Å². The number of carbonyl (C=O) groups is 1. The summed E-state index contributed by atoms with van der Waals surface area (Å²) < 4.78 is 12.9. The lowest BCUT2D eigenvalue weighted by atomic mass is 9.61. The second-order valence-corrected chi connectivity index (χ2v) is 9.83. The van der Waals surface area contributed by atoms with Gasteiger partial charge in [-0.05, 0) is 56.3 Å². The Morgan fingerprint density at radius 2 is 1.95 bits per heavy atom. The fourth-order valence-corrected chi connectivity index (χ4v) is 5.23. The lowest BCUT2D eigenvalue weighted by Gasteiger charge is -2.50. The zero-order valence-electron chi connectivity index (χ0n) is 20.9. The van der Waals surface area contributed by atoms with Gasteiger partial charge in [-0.1, -0.05) is 0 Å². The highest BCUT2D eigenvalue weighted by Crippen LogP contribution is 2.48. The molecule has 0 radical (unpaired) electrons. The number of methoxy groups -OCH3 is 1. The van der Waals surface area contributed by atoms with E-state index in [1.807, 2.05) is 0 Å². The lowest BCUT2D eigenvalue weighted by Crippen LogP contribution is -2.49. The van der Waals surface area contributed by atoms with Gasteiger partial charge in [-0.15, -0.1) is 0 Å². The van der Waals surface area contributed by atoms with Gasteiger partial charge in [0, 0.05) is 26.0 Å². The van der Waals surface area contributed by atoms with Gasteiger partial charge in [0.2, 0.25) is 11.9 Å². The monoisotopic (exact) mass is 509 g/mol. The quantitative estimate of drug-likeness (QED) is 0.422. The number of nitrogens with one attached hydrogen (secondary N) is 1. The second-order valence-electron chi connectivity index (χ2n) is 9.83. The molecule has 37 heavy (non-hydrogen) atoms. The normalized spacial score (nSPS) is 17.5. The first-order chi connectivity index (χ1) is 17.8. The largest absolute Gasteiger partial charge is 0.491 e. The Morgan fingerprint density at radius 3 is 2.59 bits per heavy atom. The van der Waals surface area contributed by atoms with Crippen LogP contribution in [-0.2, 0) is 7.05 Å². The maximum atomic E-state index is 13.0.